The third-order valence-corrected chi connectivity index (χ3v) is 4.30. The van der Waals surface area contributed by atoms with Crippen molar-refractivity contribution in [3.63, 3.8) is 0 Å². The molecule has 2 fully saturated rings. The Bertz CT molecular complexity index is 286. The van der Waals surface area contributed by atoms with Gasteiger partial charge in [-0.3, -0.25) is 4.90 Å². The molecule has 0 aromatic rings. The Kier molecular flexibility index (Phi) is 3.51. The summed E-state index contributed by atoms with van der Waals surface area (Å²) in [7, 11) is 1.81. The van der Waals surface area contributed by atoms with Gasteiger partial charge in [0, 0.05) is 19.7 Å². The van der Waals surface area contributed by atoms with Gasteiger partial charge < -0.3 is 4.74 Å². The van der Waals surface area contributed by atoms with Crippen LogP contribution in [0.15, 0.2) is 0 Å². The molecule has 1 aliphatic carbocycles. The van der Waals surface area contributed by atoms with Crippen molar-refractivity contribution in [2.75, 3.05) is 20.2 Å². The summed E-state index contributed by atoms with van der Waals surface area (Å²) in [6.45, 7) is 4.32. The maximum Gasteiger partial charge on any atom is 0.0777 e. The van der Waals surface area contributed by atoms with E-state index in [1.807, 2.05) is 0 Å². The van der Waals surface area contributed by atoms with E-state index in [9.17, 15) is 0 Å². The van der Waals surface area contributed by atoms with E-state index in [1.54, 1.807) is 7.11 Å². The second-order valence-corrected chi connectivity index (χ2v) is 5.46. The van der Waals surface area contributed by atoms with Gasteiger partial charge in [-0.25, -0.2) is 0 Å². The lowest BCUT2D eigenvalue weighted by Gasteiger charge is -2.43. The molecule has 1 heterocycles. The molecule has 3 unspecified atom stereocenters. The number of piperidine rings is 1. The van der Waals surface area contributed by atoms with E-state index < -0.39 is 0 Å². The highest BCUT2D eigenvalue weighted by Gasteiger charge is 2.38. The first-order valence-electron chi connectivity index (χ1n) is 6.37. The summed E-state index contributed by atoms with van der Waals surface area (Å²) in [5.41, 5.74) is 0.000839. The topological polar surface area (TPSA) is 36.3 Å². The summed E-state index contributed by atoms with van der Waals surface area (Å²) < 4.78 is 5.61. The molecule has 1 aliphatic heterocycles. The van der Waals surface area contributed by atoms with Crippen LogP contribution in [0.1, 0.15) is 39.0 Å². The monoisotopic (exact) mass is 222 g/mol. The minimum Gasteiger partial charge on any atom is -0.377 e. The molecule has 3 heteroatoms. The van der Waals surface area contributed by atoms with E-state index in [2.05, 4.69) is 17.9 Å². The van der Waals surface area contributed by atoms with Gasteiger partial charge in [-0.2, -0.15) is 5.26 Å². The number of methoxy groups -OCH3 is 1. The number of hydrogen-bond donors (Lipinski definition) is 0. The Morgan fingerprint density at radius 3 is 2.88 bits per heavy atom. The van der Waals surface area contributed by atoms with Crippen LogP contribution in [-0.4, -0.2) is 36.7 Å². The van der Waals surface area contributed by atoms with Crippen molar-refractivity contribution in [3.8, 4) is 6.07 Å². The molecule has 0 aromatic carbocycles. The van der Waals surface area contributed by atoms with Gasteiger partial charge in [0.1, 0.15) is 0 Å². The van der Waals surface area contributed by atoms with Gasteiger partial charge in [0.2, 0.25) is 0 Å². The van der Waals surface area contributed by atoms with Crippen molar-refractivity contribution >= 4 is 0 Å². The van der Waals surface area contributed by atoms with Crippen molar-refractivity contribution in [1.29, 1.82) is 5.26 Å². The van der Waals surface area contributed by atoms with E-state index >= 15 is 0 Å². The van der Waals surface area contributed by atoms with Crippen LogP contribution in [0.4, 0.5) is 0 Å². The van der Waals surface area contributed by atoms with Gasteiger partial charge in [0.25, 0.3) is 0 Å². The highest BCUT2D eigenvalue weighted by Crippen LogP contribution is 2.34. The molecule has 2 rings (SSSR count). The molecule has 1 saturated heterocycles. The number of rotatable bonds is 2. The predicted molar refractivity (Wildman–Crippen MR) is 63.0 cm³/mol. The van der Waals surface area contributed by atoms with Gasteiger partial charge in [-0.05, 0) is 39.2 Å². The molecular formula is C13H22N2O. The molecule has 16 heavy (non-hydrogen) atoms. The molecule has 0 amide bonds. The second-order valence-electron chi connectivity index (χ2n) is 5.46. The minimum absolute atomic E-state index is 0.000839. The third kappa shape index (κ3) is 2.23. The highest BCUT2D eigenvalue weighted by molar-refractivity contribution is 5.00. The normalized spacial score (nSPS) is 40.8. The first kappa shape index (κ1) is 11.9. The molecule has 1 saturated carbocycles. The van der Waals surface area contributed by atoms with Crippen molar-refractivity contribution in [2.24, 2.45) is 5.92 Å². The van der Waals surface area contributed by atoms with Gasteiger partial charge in [0.05, 0.1) is 17.6 Å². The fourth-order valence-electron chi connectivity index (χ4n) is 3.22. The fraction of sp³-hybridized carbons (Fsp3) is 0.923. The standard InChI is InChI=1S/C13H22N2O/c1-13(16-2)7-4-8-15(10-13)12-6-3-5-11(12)9-14/h11-12H,3-8,10H2,1-2H3. The van der Waals surface area contributed by atoms with Crippen LogP contribution in [0, 0.1) is 17.2 Å². The summed E-state index contributed by atoms with van der Waals surface area (Å²) in [5, 5.41) is 9.15. The molecule has 2 aliphatic rings. The molecule has 0 aromatic heterocycles. The zero-order valence-electron chi connectivity index (χ0n) is 10.4. The highest BCUT2D eigenvalue weighted by atomic mass is 16.5. The Balaban J connectivity index is 2.02. The Morgan fingerprint density at radius 2 is 2.19 bits per heavy atom. The molecule has 90 valence electrons. The van der Waals surface area contributed by atoms with Crippen LogP contribution >= 0.6 is 0 Å². The van der Waals surface area contributed by atoms with Crippen LogP contribution in [0.2, 0.25) is 0 Å². The first-order valence-corrected chi connectivity index (χ1v) is 6.37. The number of ether oxygens (including phenoxy) is 1. The third-order valence-electron chi connectivity index (χ3n) is 4.30. The number of nitrogens with zero attached hydrogens (tertiary/aromatic N) is 2. The van der Waals surface area contributed by atoms with Crippen LogP contribution in [0.5, 0.6) is 0 Å². The van der Waals surface area contributed by atoms with Crippen molar-refractivity contribution in [3.05, 3.63) is 0 Å². The maximum atomic E-state index is 9.15. The quantitative estimate of drug-likeness (QED) is 0.718. The van der Waals surface area contributed by atoms with Crippen molar-refractivity contribution in [1.82, 2.24) is 4.90 Å². The van der Waals surface area contributed by atoms with Gasteiger partial charge in [-0.1, -0.05) is 6.42 Å². The Labute approximate surface area is 98.4 Å². The maximum absolute atomic E-state index is 9.15. The van der Waals surface area contributed by atoms with E-state index in [1.165, 1.54) is 19.3 Å². The average molecular weight is 222 g/mol. The second kappa shape index (κ2) is 4.73. The smallest absolute Gasteiger partial charge is 0.0777 e. The molecule has 0 radical (unpaired) electrons. The van der Waals surface area contributed by atoms with E-state index in [4.69, 9.17) is 10.00 Å². The van der Waals surface area contributed by atoms with Crippen LogP contribution in [0.25, 0.3) is 0 Å². The predicted octanol–water partition coefficient (Wildman–Crippen LogP) is 2.18. The lowest BCUT2D eigenvalue weighted by molar-refractivity contribution is -0.0630. The summed E-state index contributed by atoms with van der Waals surface area (Å²) in [6.07, 6.45) is 5.82. The van der Waals surface area contributed by atoms with E-state index in [0.717, 1.165) is 25.9 Å². The van der Waals surface area contributed by atoms with Gasteiger partial charge >= 0.3 is 0 Å². The molecule has 3 nitrogen and oxygen atoms in total. The fourth-order valence-corrected chi connectivity index (χ4v) is 3.22. The number of likely N-dealkylation sites (tertiary alicyclic amines) is 1. The summed E-state index contributed by atoms with van der Waals surface area (Å²) >= 11 is 0. The molecular weight excluding hydrogens is 200 g/mol. The molecule has 0 N–H and O–H groups in total. The lowest BCUT2D eigenvalue weighted by atomic mass is 9.91. The lowest BCUT2D eigenvalue weighted by Crippen LogP contribution is -2.52. The average Bonchev–Trinajstić information content (AvgIpc) is 2.77. The first-order chi connectivity index (χ1) is 7.68. The largest absolute Gasteiger partial charge is 0.377 e. The molecule has 0 bridgehead atoms. The number of nitriles is 1. The molecule has 3 atom stereocenters. The van der Waals surface area contributed by atoms with E-state index in [-0.39, 0.29) is 11.5 Å². The molecule has 0 spiro atoms. The van der Waals surface area contributed by atoms with Crippen molar-refractivity contribution in [2.45, 2.75) is 50.7 Å². The summed E-state index contributed by atoms with van der Waals surface area (Å²) in [5.74, 6) is 0.249. The van der Waals surface area contributed by atoms with Crippen LogP contribution < -0.4 is 0 Å². The van der Waals surface area contributed by atoms with Gasteiger partial charge in [0.15, 0.2) is 0 Å². The van der Waals surface area contributed by atoms with Gasteiger partial charge in [-0.15, -0.1) is 0 Å². The zero-order valence-corrected chi connectivity index (χ0v) is 10.4. The summed E-state index contributed by atoms with van der Waals surface area (Å²) in [4.78, 5) is 2.49. The van der Waals surface area contributed by atoms with Crippen LogP contribution in [0.3, 0.4) is 0 Å². The number of hydrogen-bond acceptors (Lipinski definition) is 3. The summed E-state index contributed by atoms with van der Waals surface area (Å²) in [6, 6.07) is 2.96. The van der Waals surface area contributed by atoms with Crippen molar-refractivity contribution < 1.29 is 4.74 Å². The van der Waals surface area contributed by atoms with E-state index in [0.29, 0.717) is 6.04 Å². The van der Waals surface area contributed by atoms with Crippen LogP contribution in [-0.2, 0) is 4.74 Å². The minimum atomic E-state index is 0.000839. The SMILES string of the molecule is COC1(C)CCCN(C2CCCC2C#N)C1. The Morgan fingerprint density at radius 1 is 1.38 bits per heavy atom. The Hall–Kier alpha value is -0.590. The zero-order chi connectivity index (χ0) is 11.6.